The molecule has 508 valence electrons. The number of H-pyrrole nitrogens is 2. The van der Waals surface area contributed by atoms with E-state index in [9.17, 15) is 9.90 Å². The average Bonchev–Trinajstić information content (AvgIpc) is 1.70. The number of unbranched alkanes of at least 4 members (excludes halogenated alkanes) is 8. The van der Waals surface area contributed by atoms with Gasteiger partial charge in [0.05, 0.1) is 22.8 Å². The number of amides is 1. The smallest absolute Gasteiger partial charge is 0.222 e. The van der Waals surface area contributed by atoms with Gasteiger partial charge in [0.15, 0.2) is 0 Å². The summed E-state index contributed by atoms with van der Waals surface area (Å²) in [6.07, 6.45) is 22.4. The summed E-state index contributed by atoms with van der Waals surface area (Å²) >= 11 is 0. The molecule has 16 nitrogen and oxygen atoms in total. The fraction of sp³-hybridized carbons (Fsp3) is 0.716. The fourth-order valence-electron chi connectivity index (χ4n) is 12.8. The first-order valence-corrected chi connectivity index (χ1v) is 36.5. The predicted molar refractivity (Wildman–Crippen MR) is 386 cm³/mol. The molecule has 2 aliphatic heterocycles. The van der Waals surface area contributed by atoms with Crippen molar-refractivity contribution >= 4 is 50.3 Å². The van der Waals surface area contributed by atoms with Gasteiger partial charge in [-0.25, -0.2) is 9.97 Å². The van der Waals surface area contributed by atoms with E-state index in [0.29, 0.717) is 32.2 Å². The average molecular weight is 1250 g/mol. The highest BCUT2D eigenvalue weighted by atomic mass is 16.3. The molecule has 3 aromatic heterocycles. The molecule has 1 amide bonds. The zero-order valence-corrected chi connectivity index (χ0v) is 58.7. The molecular formula is C74H130N14O2. The molecule has 2 aliphatic rings. The number of hydrogen-bond acceptors (Lipinski definition) is 13. The third kappa shape index (κ3) is 26.9. The lowest BCUT2D eigenvalue weighted by Crippen LogP contribution is -2.36. The Hall–Kier alpha value is -4.33. The summed E-state index contributed by atoms with van der Waals surface area (Å²) in [6, 6.07) is 8.92. The van der Waals surface area contributed by atoms with Crippen molar-refractivity contribution in [1.82, 2.24) is 72.3 Å². The predicted octanol–water partition coefficient (Wildman–Crippen LogP) is 12.0. The molecule has 11 N–H and O–H groups in total. The highest BCUT2D eigenvalue weighted by Gasteiger charge is 2.23. The number of nitrogens with one attached hydrogen (secondary N) is 10. The van der Waals surface area contributed by atoms with Crippen LogP contribution in [0.1, 0.15) is 229 Å². The molecule has 0 radical (unpaired) electrons. The first-order chi connectivity index (χ1) is 44.0. The second kappa shape index (κ2) is 45.9. The van der Waals surface area contributed by atoms with Gasteiger partial charge >= 0.3 is 0 Å². The van der Waals surface area contributed by atoms with Crippen molar-refractivity contribution in [2.24, 2.45) is 0 Å². The number of carbonyl (C=O) groups is 1. The van der Waals surface area contributed by atoms with Crippen LogP contribution in [0.25, 0.3) is 44.4 Å². The lowest BCUT2D eigenvalue weighted by molar-refractivity contribution is -0.131. The Morgan fingerprint density at radius 2 is 0.800 bits per heavy atom. The van der Waals surface area contributed by atoms with Gasteiger partial charge in [-0.2, -0.15) is 0 Å². The van der Waals surface area contributed by atoms with Crippen molar-refractivity contribution in [3.63, 3.8) is 0 Å². The van der Waals surface area contributed by atoms with E-state index in [1.54, 1.807) is 0 Å². The highest BCUT2D eigenvalue weighted by Crippen LogP contribution is 2.37. The number of aryl methyl sites for hydroxylation is 4. The molecule has 5 rings (SSSR count). The van der Waals surface area contributed by atoms with Gasteiger partial charge in [0.1, 0.15) is 6.23 Å². The number of allylic oxidation sites excluding steroid dienone is 4. The summed E-state index contributed by atoms with van der Waals surface area (Å²) in [5, 5.41) is 40.4. The van der Waals surface area contributed by atoms with Gasteiger partial charge in [-0.3, -0.25) is 9.69 Å². The van der Waals surface area contributed by atoms with Gasteiger partial charge in [-0.15, -0.1) is 0 Å². The zero-order chi connectivity index (χ0) is 64.6. The van der Waals surface area contributed by atoms with Crippen LogP contribution in [0, 0.1) is 13.8 Å². The lowest BCUT2D eigenvalue weighted by Gasteiger charge is -2.26. The third-order valence-electron chi connectivity index (χ3n) is 18.6. The maximum atomic E-state index is 14.2. The van der Waals surface area contributed by atoms with Crippen LogP contribution in [-0.4, -0.2) is 178 Å². The van der Waals surface area contributed by atoms with Crippen LogP contribution in [0.3, 0.4) is 0 Å². The number of nitrogens with zero attached hydrogens (tertiary/aromatic N) is 4. The van der Waals surface area contributed by atoms with E-state index in [0.717, 1.165) is 219 Å². The molecule has 16 heteroatoms. The van der Waals surface area contributed by atoms with Gasteiger partial charge in [-0.05, 0) is 350 Å². The second-order valence-electron chi connectivity index (χ2n) is 25.4. The molecule has 5 heterocycles. The van der Waals surface area contributed by atoms with Crippen molar-refractivity contribution in [2.45, 2.75) is 217 Å². The van der Waals surface area contributed by atoms with Crippen molar-refractivity contribution in [1.29, 1.82) is 0 Å². The Morgan fingerprint density at radius 3 is 1.22 bits per heavy atom. The number of aromatic nitrogens is 4. The fourth-order valence-corrected chi connectivity index (χ4v) is 12.8. The van der Waals surface area contributed by atoms with E-state index >= 15 is 0 Å². The summed E-state index contributed by atoms with van der Waals surface area (Å²) in [4.78, 5) is 36.9. The first-order valence-electron chi connectivity index (χ1n) is 36.5. The highest BCUT2D eigenvalue weighted by molar-refractivity contribution is 5.95. The van der Waals surface area contributed by atoms with E-state index in [2.05, 4.69) is 151 Å². The molecule has 0 fully saturated rings. The number of carbonyl (C=O) groups excluding carboxylic acids is 1. The molecule has 0 saturated heterocycles. The molecule has 8 bridgehead atoms. The molecule has 3 aromatic rings. The minimum atomic E-state index is -0.564. The Morgan fingerprint density at radius 1 is 0.433 bits per heavy atom. The largest absolute Gasteiger partial charge is 0.378 e. The van der Waals surface area contributed by atoms with Crippen molar-refractivity contribution < 1.29 is 9.90 Å². The summed E-state index contributed by atoms with van der Waals surface area (Å²) in [6.45, 7) is 42.3. The van der Waals surface area contributed by atoms with Crippen LogP contribution in [-0.2, 0) is 17.6 Å². The number of aromatic amines is 2. The Kier molecular flexibility index (Phi) is 38.9. The van der Waals surface area contributed by atoms with Gasteiger partial charge in [0, 0.05) is 48.1 Å². The third-order valence-corrected chi connectivity index (χ3v) is 18.6. The first kappa shape index (κ1) is 76.4. The Labute approximate surface area is 546 Å². The van der Waals surface area contributed by atoms with Crippen molar-refractivity contribution in [3.8, 4) is 0 Å². The van der Waals surface area contributed by atoms with Crippen LogP contribution in [0.15, 0.2) is 24.3 Å². The van der Waals surface area contributed by atoms with Gasteiger partial charge < -0.3 is 62.5 Å². The SMILES string of the molecule is CCNCCCCNCCCCNCCCCNCCCCN(CC)C(=O)CCC1=C(C)c2cc3[nH]c(cc4nc(cc5[nH]c(cc1n2)c(CC[C@@H](O)N(CC)CCCCNCCCCNCCCCNCCCCNCC)c5C)C(CC)=C4C)c(CC)c3C. The maximum Gasteiger partial charge on any atom is 0.222 e. The van der Waals surface area contributed by atoms with Gasteiger partial charge in [0.25, 0.3) is 0 Å². The van der Waals surface area contributed by atoms with Crippen molar-refractivity contribution in [3.05, 3.63) is 69.3 Å². The normalized spacial score (nSPS) is 13.1. The minimum absolute atomic E-state index is 0.196. The second-order valence-corrected chi connectivity index (χ2v) is 25.4. The lowest BCUT2D eigenvalue weighted by atomic mass is 9.99. The maximum absolute atomic E-state index is 14.2. The molecule has 0 spiro atoms. The van der Waals surface area contributed by atoms with Crippen LogP contribution < -0.4 is 42.5 Å². The minimum Gasteiger partial charge on any atom is -0.378 e. The number of fused-ring (bicyclic) bond motifs is 8. The Balaban J connectivity index is 1.17. The van der Waals surface area contributed by atoms with Crippen LogP contribution in [0.2, 0.25) is 0 Å². The van der Waals surface area contributed by atoms with E-state index in [1.165, 1.54) is 110 Å². The molecule has 90 heavy (non-hydrogen) atoms. The van der Waals surface area contributed by atoms with Crippen LogP contribution >= 0.6 is 0 Å². The van der Waals surface area contributed by atoms with Crippen LogP contribution in [0.4, 0.5) is 0 Å². The monoisotopic (exact) mass is 1250 g/mol. The standard InChI is InChI=1S/C74H130N14O2/c1-11-61-57(7)65-53-66-59(9)63(33-35-73(89)87(15-5)51-31-29-49-81-47-27-25-45-79-43-23-21-41-77-39-19-17-37-75-13-3)71(85-66)56-72-64(60(10)68(86-72)55-70-62(12-2)58(8)67(84-70)54-69(61)83-65)34-36-74(90)88(16-6)52-32-30-50-82-48-28-26-46-80-44-24-22-42-78-40-20-18-38-76-14-4/h53-56,74-83,86,90H,11-52H2,1-10H3/t74-/m1/s1. The molecular weight excluding hydrogens is 1120 g/mol. The summed E-state index contributed by atoms with van der Waals surface area (Å²) in [5.74, 6) is 0.196. The summed E-state index contributed by atoms with van der Waals surface area (Å²) in [7, 11) is 0. The summed E-state index contributed by atoms with van der Waals surface area (Å²) < 4.78 is 0. The number of aliphatic hydroxyl groups is 1. The van der Waals surface area contributed by atoms with E-state index in [4.69, 9.17) is 9.97 Å². The molecule has 0 aromatic carbocycles. The quantitative estimate of drug-likeness (QED) is 0.0189. The molecule has 0 unspecified atom stereocenters. The van der Waals surface area contributed by atoms with Gasteiger partial charge in [0.2, 0.25) is 5.91 Å². The molecule has 0 aliphatic carbocycles. The topological polar surface area (TPSA) is 197 Å². The molecule has 1 atom stereocenters. The zero-order valence-electron chi connectivity index (χ0n) is 58.7. The number of aliphatic hydroxyl groups excluding tert-OH is 1. The Bertz CT molecular complexity index is 2710. The summed E-state index contributed by atoms with van der Waals surface area (Å²) in [5.41, 5.74) is 17.5. The van der Waals surface area contributed by atoms with E-state index in [1.807, 2.05) is 4.90 Å². The van der Waals surface area contributed by atoms with Crippen LogP contribution in [0.5, 0.6) is 0 Å². The molecule has 0 saturated carbocycles. The van der Waals surface area contributed by atoms with E-state index < -0.39 is 6.23 Å². The number of hydrogen-bond donors (Lipinski definition) is 11. The number of rotatable bonds is 53. The van der Waals surface area contributed by atoms with E-state index in [-0.39, 0.29) is 5.91 Å². The van der Waals surface area contributed by atoms with Gasteiger partial charge in [-0.1, -0.05) is 34.6 Å². The van der Waals surface area contributed by atoms with Crippen molar-refractivity contribution in [2.75, 3.05) is 131 Å².